The summed E-state index contributed by atoms with van der Waals surface area (Å²) in [6.45, 7) is 3.37. The van der Waals surface area contributed by atoms with Gasteiger partial charge in [-0.3, -0.25) is 0 Å². The Kier molecular flexibility index (Phi) is 3.22. The van der Waals surface area contributed by atoms with Gasteiger partial charge >= 0.3 is 0 Å². The molecule has 0 aromatic rings. The third-order valence-corrected chi connectivity index (χ3v) is 2.00. The van der Waals surface area contributed by atoms with Crippen molar-refractivity contribution in [2.75, 3.05) is 26.7 Å². The van der Waals surface area contributed by atoms with Crippen molar-refractivity contribution in [2.45, 2.75) is 12.8 Å². The van der Waals surface area contributed by atoms with Gasteiger partial charge in [-0.1, -0.05) is 0 Å². The van der Waals surface area contributed by atoms with Gasteiger partial charge in [-0.05, 0) is 45.4 Å². The average molecular weight is 138 g/mol. The Morgan fingerprint density at radius 3 is 2.60 bits per heavy atom. The van der Waals surface area contributed by atoms with Crippen LogP contribution in [0.4, 0.5) is 0 Å². The molecule has 0 spiro atoms. The van der Waals surface area contributed by atoms with Gasteiger partial charge in [0.1, 0.15) is 0 Å². The lowest BCUT2D eigenvalue weighted by Gasteiger charge is -2.25. The van der Waals surface area contributed by atoms with E-state index in [2.05, 4.69) is 5.32 Å². The molecular formula is C7H15BN2. The van der Waals surface area contributed by atoms with Crippen LogP contribution in [0.3, 0.4) is 0 Å². The fourth-order valence-electron chi connectivity index (χ4n) is 1.47. The zero-order valence-electron chi connectivity index (χ0n) is 6.64. The maximum absolute atomic E-state index is 5.54. The smallest absolute Gasteiger partial charge is 0.182 e. The van der Waals surface area contributed by atoms with Crippen LogP contribution < -0.4 is 5.32 Å². The molecule has 0 saturated carbocycles. The van der Waals surface area contributed by atoms with Gasteiger partial charge < -0.3 is 10.1 Å². The maximum Gasteiger partial charge on any atom is 0.182 e. The number of nitrogens with one attached hydrogen (secondary N) is 1. The first-order chi connectivity index (χ1) is 4.79. The van der Waals surface area contributed by atoms with Crippen LogP contribution in [0.15, 0.2) is 0 Å². The summed E-state index contributed by atoms with van der Waals surface area (Å²) in [5, 5.41) is 3.33. The molecule has 0 amide bonds. The zero-order valence-corrected chi connectivity index (χ0v) is 6.64. The molecule has 2 nitrogen and oxygen atoms in total. The van der Waals surface area contributed by atoms with E-state index in [1.165, 1.54) is 25.9 Å². The lowest BCUT2D eigenvalue weighted by atomic mass is 9.97. The van der Waals surface area contributed by atoms with Crippen LogP contribution in [0.2, 0.25) is 0 Å². The molecule has 1 heterocycles. The molecule has 0 aromatic carbocycles. The fraction of sp³-hybridized carbons (Fsp3) is 1.00. The lowest BCUT2D eigenvalue weighted by Crippen LogP contribution is -2.33. The van der Waals surface area contributed by atoms with Crippen molar-refractivity contribution in [1.29, 1.82) is 0 Å². The highest BCUT2D eigenvalue weighted by Crippen LogP contribution is 2.11. The normalized spacial score (nSPS) is 21.8. The Balaban J connectivity index is 2.13. The molecule has 1 rings (SSSR count). The van der Waals surface area contributed by atoms with E-state index in [0.717, 1.165) is 12.5 Å². The first-order valence-corrected chi connectivity index (χ1v) is 3.95. The molecule has 1 fully saturated rings. The predicted molar refractivity (Wildman–Crippen MR) is 44.0 cm³/mol. The Hall–Kier alpha value is -0.0151. The molecule has 0 unspecified atom stereocenters. The van der Waals surface area contributed by atoms with E-state index >= 15 is 0 Å². The van der Waals surface area contributed by atoms with Crippen LogP contribution in [0.25, 0.3) is 0 Å². The molecule has 0 bridgehead atoms. The van der Waals surface area contributed by atoms with Crippen molar-refractivity contribution in [1.82, 2.24) is 10.1 Å². The van der Waals surface area contributed by atoms with Gasteiger partial charge in [0.05, 0.1) is 0 Å². The molecule has 0 aromatic heterocycles. The van der Waals surface area contributed by atoms with Crippen molar-refractivity contribution < 1.29 is 0 Å². The number of hydrogen-bond donors (Lipinski definition) is 1. The van der Waals surface area contributed by atoms with E-state index < -0.39 is 0 Å². The Labute approximate surface area is 64.4 Å². The van der Waals surface area contributed by atoms with Crippen LogP contribution in [0, 0.1) is 5.92 Å². The van der Waals surface area contributed by atoms with Gasteiger partial charge in [-0.2, -0.15) is 0 Å². The molecule has 1 N–H and O–H groups in total. The SMILES string of the molecule is [B]N(C)CC1CCNCC1. The molecule has 0 atom stereocenters. The van der Waals surface area contributed by atoms with Crippen LogP contribution in [0.5, 0.6) is 0 Å². The highest BCUT2D eigenvalue weighted by Gasteiger charge is 2.12. The van der Waals surface area contributed by atoms with Crippen molar-refractivity contribution in [3.05, 3.63) is 0 Å². The lowest BCUT2D eigenvalue weighted by molar-refractivity contribution is 0.318. The topological polar surface area (TPSA) is 15.3 Å². The fourth-order valence-corrected chi connectivity index (χ4v) is 1.47. The Morgan fingerprint density at radius 1 is 1.50 bits per heavy atom. The summed E-state index contributed by atoms with van der Waals surface area (Å²) in [6.07, 6.45) is 2.56. The first kappa shape index (κ1) is 8.09. The second kappa shape index (κ2) is 3.99. The minimum Gasteiger partial charge on any atom is -0.356 e. The number of hydrogen-bond acceptors (Lipinski definition) is 2. The highest BCUT2D eigenvalue weighted by molar-refractivity contribution is 6.04. The molecular weight excluding hydrogens is 123 g/mol. The number of piperidine rings is 1. The number of rotatable bonds is 2. The van der Waals surface area contributed by atoms with Crippen LogP contribution in [-0.4, -0.2) is 39.5 Å². The third kappa shape index (κ3) is 2.71. The van der Waals surface area contributed by atoms with Crippen molar-refractivity contribution in [3.8, 4) is 0 Å². The van der Waals surface area contributed by atoms with Crippen LogP contribution in [0.1, 0.15) is 12.8 Å². The summed E-state index contributed by atoms with van der Waals surface area (Å²) in [7, 11) is 7.47. The quantitative estimate of drug-likeness (QED) is 0.540. The van der Waals surface area contributed by atoms with E-state index in [1.807, 2.05) is 7.05 Å². The van der Waals surface area contributed by atoms with E-state index in [-0.39, 0.29) is 0 Å². The second-order valence-electron chi connectivity index (χ2n) is 3.13. The standard InChI is InChI=1S/C7H15BN2/c1-10(8)6-7-2-4-9-5-3-7/h7,9H,2-6H2,1H3. The van der Waals surface area contributed by atoms with E-state index in [0.29, 0.717) is 0 Å². The van der Waals surface area contributed by atoms with Crippen LogP contribution in [-0.2, 0) is 0 Å². The summed E-state index contributed by atoms with van der Waals surface area (Å²) in [5.74, 6) is 0.816. The van der Waals surface area contributed by atoms with E-state index in [9.17, 15) is 0 Å². The first-order valence-electron chi connectivity index (χ1n) is 3.95. The molecule has 2 radical (unpaired) electrons. The van der Waals surface area contributed by atoms with Crippen molar-refractivity contribution in [3.63, 3.8) is 0 Å². The van der Waals surface area contributed by atoms with Gasteiger partial charge in [-0.25, -0.2) is 0 Å². The summed E-state index contributed by atoms with van der Waals surface area (Å²) < 4.78 is 0. The van der Waals surface area contributed by atoms with Gasteiger partial charge in [-0.15, -0.1) is 0 Å². The summed E-state index contributed by atoms with van der Waals surface area (Å²) in [5.41, 5.74) is 0. The van der Waals surface area contributed by atoms with Crippen LogP contribution >= 0.6 is 0 Å². The average Bonchev–Trinajstić information content (AvgIpc) is 1.88. The Morgan fingerprint density at radius 2 is 2.10 bits per heavy atom. The highest BCUT2D eigenvalue weighted by atomic mass is 15.0. The molecule has 3 heteroatoms. The summed E-state index contributed by atoms with van der Waals surface area (Å²) in [4.78, 5) is 1.79. The number of nitrogens with zero attached hydrogens (tertiary/aromatic N) is 1. The summed E-state index contributed by atoms with van der Waals surface area (Å²) >= 11 is 0. The second-order valence-corrected chi connectivity index (χ2v) is 3.13. The predicted octanol–water partition coefficient (Wildman–Crippen LogP) is 0.00130. The maximum atomic E-state index is 5.54. The van der Waals surface area contributed by atoms with E-state index in [1.54, 1.807) is 4.81 Å². The zero-order chi connectivity index (χ0) is 7.40. The molecule has 1 aliphatic rings. The minimum atomic E-state index is 0.816. The largest absolute Gasteiger partial charge is 0.356 e. The van der Waals surface area contributed by atoms with E-state index in [4.69, 9.17) is 7.98 Å². The Bertz CT molecular complexity index is 89.6. The van der Waals surface area contributed by atoms with Gasteiger partial charge in [0.2, 0.25) is 0 Å². The molecule has 56 valence electrons. The molecule has 0 aliphatic carbocycles. The van der Waals surface area contributed by atoms with Gasteiger partial charge in [0.15, 0.2) is 7.98 Å². The van der Waals surface area contributed by atoms with Gasteiger partial charge in [0.25, 0.3) is 0 Å². The minimum absolute atomic E-state index is 0.816. The third-order valence-electron chi connectivity index (χ3n) is 2.00. The molecule has 1 aliphatic heterocycles. The van der Waals surface area contributed by atoms with Gasteiger partial charge in [0, 0.05) is 0 Å². The molecule has 10 heavy (non-hydrogen) atoms. The van der Waals surface area contributed by atoms with Crippen molar-refractivity contribution in [2.24, 2.45) is 5.92 Å². The molecule has 1 saturated heterocycles. The summed E-state index contributed by atoms with van der Waals surface area (Å²) in [6, 6.07) is 0. The monoisotopic (exact) mass is 138 g/mol. The van der Waals surface area contributed by atoms with Crippen molar-refractivity contribution >= 4 is 7.98 Å².